The fraction of sp³-hybridized carbons (Fsp3) is 0.538. The van der Waals surface area contributed by atoms with Crippen LogP contribution in [0.3, 0.4) is 0 Å². The van der Waals surface area contributed by atoms with Gasteiger partial charge in [-0.25, -0.2) is 0 Å². The van der Waals surface area contributed by atoms with Gasteiger partial charge < -0.3 is 15.8 Å². The normalized spacial score (nSPS) is 17.3. The highest BCUT2D eigenvalue weighted by Crippen LogP contribution is 2.29. The topological polar surface area (TPSA) is 47.3 Å². The van der Waals surface area contributed by atoms with E-state index in [0.717, 1.165) is 18.0 Å². The number of rotatable bonds is 6. The van der Waals surface area contributed by atoms with Crippen LogP contribution in [-0.4, -0.2) is 19.5 Å². The molecule has 0 saturated heterocycles. The highest BCUT2D eigenvalue weighted by atomic mass is 19.4. The average molecular weight is 274 g/mol. The molecule has 1 aromatic carbocycles. The third kappa shape index (κ3) is 4.72. The molecule has 0 radical (unpaired) electrons. The summed E-state index contributed by atoms with van der Waals surface area (Å²) in [5.41, 5.74) is 6.55. The van der Waals surface area contributed by atoms with Crippen molar-refractivity contribution in [2.24, 2.45) is 11.7 Å². The third-order valence-corrected chi connectivity index (χ3v) is 3.10. The smallest absolute Gasteiger partial charge is 0.406 e. The van der Waals surface area contributed by atoms with Gasteiger partial charge >= 0.3 is 6.36 Å². The summed E-state index contributed by atoms with van der Waals surface area (Å²) < 4.78 is 39.9. The molecule has 0 heterocycles. The lowest BCUT2D eigenvalue weighted by Crippen LogP contribution is -2.29. The maximum atomic E-state index is 12.0. The Hall–Kier alpha value is -1.27. The minimum atomic E-state index is -4.65. The Bertz CT molecular complexity index is 401. The van der Waals surface area contributed by atoms with Crippen molar-refractivity contribution in [2.45, 2.75) is 25.2 Å². The molecule has 0 bridgehead atoms. The predicted octanol–water partition coefficient (Wildman–Crippen LogP) is 2.58. The Balaban J connectivity index is 1.94. The Morgan fingerprint density at radius 2 is 1.89 bits per heavy atom. The van der Waals surface area contributed by atoms with Gasteiger partial charge in [-0.3, -0.25) is 0 Å². The zero-order chi connectivity index (χ0) is 13.9. The summed E-state index contributed by atoms with van der Waals surface area (Å²) in [4.78, 5) is 0. The van der Waals surface area contributed by atoms with Crippen molar-refractivity contribution in [1.29, 1.82) is 0 Å². The van der Waals surface area contributed by atoms with Gasteiger partial charge in [-0.15, -0.1) is 13.2 Å². The number of nitrogens with two attached hydrogens (primary N) is 1. The molecule has 1 unspecified atom stereocenters. The van der Waals surface area contributed by atoms with E-state index in [1.165, 1.54) is 25.0 Å². The summed E-state index contributed by atoms with van der Waals surface area (Å²) in [7, 11) is 0. The zero-order valence-corrected chi connectivity index (χ0v) is 10.4. The second kappa shape index (κ2) is 5.79. The maximum absolute atomic E-state index is 12.0. The Kier molecular flexibility index (Phi) is 4.31. The number of halogens is 3. The van der Waals surface area contributed by atoms with Crippen molar-refractivity contribution in [1.82, 2.24) is 5.32 Å². The van der Waals surface area contributed by atoms with Crippen molar-refractivity contribution in [3.05, 3.63) is 29.8 Å². The van der Waals surface area contributed by atoms with Crippen LogP contribution in [0, 0.1) is 5.92 Å². The fourth-order valence-corrected chi connectivity index (χ4v) is 1.87. The lowest BCUT2D eigenvalue weighted by molar-refractivity contribution is -0.274. The SMILES string of the molecule is NCC(NCC1CC1)c1ccc(OC(F)(F)F)cc1. The molecule has 1 atom stereocenters. The molecule has 1 saturated carbocycles. The van der Waals surface area contributed by atoms with Crippen molar-refractivity contribution in [3.63, 3.8) is 0 Å². The minimum Gasteiger partial charge on any atom is -0.406 e. The standard InChI is InChI=1S/C13H17F3N2O/c14-13(15,16)19-11-5-3-10(4-6-11)12(7-17)18-8-9-1-2-9/h3-6,9,12,18H,1-2,7-8,17H2. The van der Waals surface area contributed by atoms with Gasteiger partial charge in [0.25, 0.3) is 0 Å². The van der Waals surface area contributed by atoms with E-state index < -0.39 is 6.36 Å². The second-order valence-corrected chi connectivity index (χ2v) is 4.76. The Morgan fingerprint density at radius 3 is 2.37 bits per heavy atom. The molecule has 19 heavy (non-hydrogen) atoms. The van der Waals surface area contributed by atoms with Gasteiger partial charge in [0.1, 0.15) is 5.75 Å². The van der Waals surface area contributed by atoms with Crippen molar-refractivity contribution in [3.8, 4) is 5.75 Å². The summed E-state index contributed by atoms with van der Waals surface area (Å²) >= 11 is 0. The van der Waals surface area contributed by atoms with Crippen molar-refractivity contribution in [2.75, 3.05) is 13.1 Å². The van der Waals surface area contributed by atoms with Crippen LogP contribution in [-0.2, 0) is 0 Å². The van der Waals surface area contributed by atoms with Crippen molar-refractivity contribution < 1.29 is 17.9 Å². The monoisotopic (exact) mass is 274 g/mol. The maximum Gasteiger partial charge on any atom is 0.573 e. The summed E-state index contributed by atoms with van der Waals surface area (Å²) in [5.74, 6) is 0.510. The van der Waals surface area contributed by atoms with Gasteiger partial charge in [-0.2, -0.15) is 0 Å². The summed E-state index contributed by atoms with van der Waals surface area (Å²) in [5, 5.41) is 3.33. The van der Waals surface area contributed by atoms with Crippen LogP contribution in [0.4, 0.5) is 13.2 Å². The number of hydrogen-bond acceptors (Lipinski definition) is 3. The molecule has 0 aromatic heterocycles. The molecule has 0 spiro atoms. The van der Waals surface area contributed by atoms with Gasteiger partial charge in [-0.05, 0) is 43.0 Å². The average Bonchev–Trinajstić information content (AvgIpc) is 3.14. The van der Waals surface area contributed by atoms with Gasteiger partial charge in [0, 0.05) is 12.6 Å². The van der Waals surface area contributed by atoms with E-state index >= 15 is 0 Å². The largest absolute Gasteiger partial charge is 0.573 e. The lowest BCUT2D eigenvalue weighted by Gasteiger charge is -2.17. The second-order valence-electron chi connectivity index (χ2n) is 4.76. The molecule has 106 valence electrons. The van der Waals surface area contributed by atoms with E-state index in [-0.39, 0.29) is 11.8 Å². The first-order valence-corrected chi connectivity index (χ1v) is 6.27. The molecule has 3 N–H and O–H groups in total. The van der Waals surface area contributed by atoms with Crippen LogP contribution in [0.15, 0.2) is 24.3 Å². The van der Waals surface area contributed by atoms with Crippen LogP contribution >= 0.6 is 0 Å². The molecular weight excluding hydrogens is 257 g/mol. The van der Waals surface area contributed by atoms with Crippen molar-refractivity contribution >= 4 is 0 Å². The minimum absolute atomic E-state index is 0.0273. The van der Waals surface area contributed by atoms with Gasteiger partial charge in [0.2, 0.25) is 0 Å². The van der Waals surface area contributed by atoms with Crippen LogP contribution in [0.2, 0.25) is 0 Å². The van der Waals surface area contributed by atoms with E-state index in [9.17, 15) is 13.2 Å². The number of alkyl halides is 3. The Labute approximate surface area is 109 Å². The predicted molar refractivity (Wildman–Crippen MR) is 65.6 cm³/mol. The van der Waals surface area contributed by atoms with Gasteiger partial charge in [0.05, 0.1) is 0 Å². The fourth-order valence-electron chi connectivity index (χ4n) is 1.87. The van der Waals surface area contributed by atoms with Crippen LogP contribution in [0.5, 0.6) is 5.75 Å². The number of hydrogen-bond donors (Lipinski definition) is 2. The highest BCUT2D eigenvalue weighted by molar-refractivity contribution is 5.29. The van der Waals surface area contributed by atoms with Crippen LogP contribution in [0.25, 0.3) is 0 Å². The molecule has 2 rings (SSSR count). The first-order valence-electron chi connectivity index (χ1n) is 6.27. The number of ether oxygens (including phenoxy) is 1. The van der Waals surface area contributed by atoms with Crippen LogP contribution < -0.4 is 15.8 Å². The summed E-state index contributed by atoms with van der Waals surface area (Å²) in [6, 6.07) is 5.81. The third-order valence-electron chi connectivity index (χ3n) is 3.10. The number of nitrogens with one attached hydrogen (secondary N) is 1. The summed E-state index contributed by atoms with van der Waals surface area (Å²) in [6.45, 7) is 1.31. The molecular formula is C13H17F3N2O. The molecule has 1 aromatic rings. The molecule has 1 fully saturated rings. The molecule has 1 aliphatic rings. The molecule has 3 nitrogen and oxygen atoms in total. The highest BCUT2D eigenvalue weighted by Gasteiger charge is 2.31. The molecule has 0 amide bonds. The van der Waals surface area contributed by atoms with Gasteiger partial charge in [0.15, 0.2) is 0 Å². The van der Waals surface area contributed by atoms with E-state index in [1.807, 2.05) is 0 Å². The zero-order valence-electron chi connectivity index (χ0n) is 10.4. The van der Waals surface area contributed by atoms with Gasteiger partial charge in [-0.1, -0.05) is 12.1 Å². The quantitative estimate of drug-likeness (QED) is 0.838. The Morgan fingerprint density at radius 1 is 1.26 bits per heavy atom. The first kappa shape index (κ1) is 14.1. The van der Waals surface area contributed by atoms with E-state index in [4.69, 9.17) is 5.73 Å². The summed E-state index contributed by atoms with van der Waals surface area (Å²) in [6.07, 6.45) is -2.18. The van der Waals surface area contributed by atoms with E-state index in [2.05, 4.69) is 10.1 Å². The lowest BCUT2D eigenvalue weighted by atomic mass is 10.1. The first-order chi connectivity index (χ1) is 8.98. The van der Waals surface area contributed by atoms with E-state index in [0.29, 0.717) is 6.54 Å². The molecule has 6 heteroatoms. The van der Waals surface area contributed by atoms with Crippen LogP contribution in [0.1, 0.15) is 24.4 Å². The molecule has 1 aliphatic carbocycles. The molecule has 0 aliphatic heterocycles. The number of benzene rings is 1. The van der Waals surface area contributed by atoms with E-state index in [1.54, 1.807) is 12.1 Å².